The highest BCUT2D eigenvalue weighted by Crippen LogP contribution is 2.18. The van der Waals surface area contributed by atoms with Gasteiger partial charge in [0, 0.05) is 32.2 Å². The SMILES string of the molecule is CCOC(=O)N1CCN(c2ccc([C@@H](N)CC)nc2)CC1. The van der Waals surface area contributed by atoms with Crippen molar-refractivity contribution in [2.75, 3.05) is 37.7 Å². The molecule has 6 heteroatoms. The van der Waals surface area contributed by atoms with E-state index in [-0.39, 0.29) is 12.1 Å². The Morgan fingerprint density at radius 1 is 1.33 bits per heavy atom. The number of aromatic nitrogens is 1. The molecule has 116 valence electrons. The Hall–Kier alpha value is -1.82. The number of anilines is 1. The summed E-state index contributed by atoms with van der Waals surface area (Å²) >= 11 is 0. The third-order valence-corrected chi connectivity index (χ3v) is 3.76. The molecule has 1 aromatic heterocycles. The summed E-state index contributed by atoms with van der Waals surface area (Å²) in [6.45, 7) is 7.23. The van der Waals surface area contributed by atoms with Crippen molar-refractivity contribution in [1.29, 1.82) is 0 Å². The van der Waals surface area contributed by atoms with E-state index in [1.165, 1.54) is 0 Å². The van der Waals surface area contributed by atoms with Crippen molar-refractivity contribution in [2.24, 2.45) is 5.73 Å². The number of carbonyl (C=O) groups is 1. The zero-order valence-electron chi connectivity index (χ0n) is 12.8. The molecule has 0 unspecified atom stereocenters. The molecule has 1 aliphatic heterocycles. The molecule has 1 aliphatic rings. The highest BCUT2D eigenvalue weighted by molar-refractivity contribution is 5.68. The van der Waals surface area contributed by atoms with Crippen molar-refractivity contribution in [1.82, 2.24) is 9.88 Å². The van der Waals surface area contributed by atoms with Crippen LogP contribution in [0.2, 0.25) is 0 Å². The van der Waals surface area contributed by atoms with E-state index < -0.39 is 0 Å². The maximum Gasteiger partial charge on any atom is 0.409 e. The molecule has 6 nitrogen and oxygen atoms in total. The van der Waals surface area contributed by atoms with Crippen LogP contribution >= 0.6 is 0 Å². The third-order valence-electron chi connectivity index (χ3n) is 3.76. The summed E-state index contributed by atoms with van der Waals surface area (Å²) in [5.74, 6) is 0. The summed E-state index contributed by atoms with van der Waals surface area (Å²) in [6, 6.07) is 4.04. The molecule has 0 saturated carbocycles. The number of pyridine rings is 1. The molecule has 0 aromatic carbocycles. The van der Waals surface area contributed by atoms with Crippen LogP contribution in [0.4, 0.5) is 10.5 Å². The predicted octanol–water partition coefficient (Wildman–Crippen LogP) is 1.77. The van der Waals surface area contributed by atoms with Gasteiger partial charge in [0.1, 0.15) is 0 Å². The summed E-state index contributed by atoms with van der Waals surface area (Å²) in [6.07, 6.45) is 2.52. The highest BCUT2D eigenvalue weighted by Gasteiger charge is 2.22. The average molecular weight is 292 g/mol. The Morgan fingerprint density at radius 3 is 2.57 bits per heavy atom. The summed E-state index contributed by atoms with van der Waals surface area (Å²) in [5.41, 5.74) is 7.97. The van der Waals surface area contributed by atoms with E-state index >= 15 is 0 Å². The van der Waals surface area contributed by atoms with Gasteiger partial charge in [-0.1, -0.05) is 6.92 Å². The van der Waals surface area contributed by atoms with Crippen molar-refractivity contribution in [3.8, 4) is 0 Å². The number of piperazine rings is 1. The van der Waals surface area contributed by atoms with Gasteiger partial charge in [-0.25, -0.2) is 4.79 Å². The van der Waals surface area contributed by atoms with E-state index in [1.54, 1.807) is 4.90 Å². The summed E-state index contributed by atoms with van der Waals surface area (Å²) in [7, 11) is 0. The molecule has 1 amide bonds. The zero-order chi connectivity index (χ0) is 15.2. The van der Waals surface area contributed by atoms with Gasteiger partial charge in [0.05, 0.1) is 24.2 Å². The minimum atomic E-state index is -0.223. The number of hydrogen-bond acceptors (Lipinski definition) is 5. The van der Waals surface area contributed by atoms with Gasteiger partial charge in [-0.2, -0.15) is 0 Å². The lowest BCUT2D eigenvalue weighted by Crippen LogP contribution is -2.49. The number of hydrogen-bond donors (Lipinski definition) is 1. The Bertz CT molecular complexity index is 455. The maximum absolute atomic E-state index is 11.7. The lowest BCUT2D eigenvalue weighted by Gasteiger charge is -2.35. The van der Waals surface area contributed by atoms with Crippen molar-refractivity contribution >= 4 is 11.8 Å². The first kappa shape index (κ1) is 15.6. The molecule has 0 aliphatic carbocycles. The van der Waals surface area contributed by atoms with Crippen LogP contribution in [-0.2, 0) is 4.74 Å². The topological polar surface area (TPSA) is 71.7 Å². The Labute approximate surface area is 125 Å². The molecule has 1 fully saturated rings. The largest absolute Gasteiger partial charge is 0.450 e. The van der Waals surface area contributed by atoms with Crippen LogP contribution < -0.4 is 10.6 Å². The van der Waals surface area contributed by atoms with Gasteiger partial charge in [-0.3, -0.25) is 4.98 Å². The van der Waals surface area contributed by atoms with Gasteiger partial charge in [-0.05, 0) is 25.5 Å². The van der Waals surface area contributed by atoms with Gasteiger partial charge >= 0.3 is 6.09 Å². The van der Waals surface area contributed by atoms with Crippen molar-refractivity contribution in [2.45, 2.75) is 26.3 Å². The monoisotopic (exact) mass is 292 g/mol. The Balaban J connectivity index is 1.91. The molecular weight excluding hydrogens is 268 g/mol. The molecule has 21 heavy (non-hydrogen) atoms. The molecule has 1 atom stereocenters. The average Bonchev–Trinajstić information content (AvgIpc) is 2.54. The lowest BCUT2D eigenvalue weighted by molar-refractivity contribution is 0.105. The van der Waals surface area contributed by atoms with Crippen LogP contribution in [0.3, 0.4) is 0 Å². The standard InChI is InChI=1S/C15H24N4O2/c1-3-13(16)14-6-5-12(11-17-14)18-7-9-19(10-8-18)15(20)21-4-2/h5-6,11,13H,3-4,7-10,16H2,1-2H3/t13-/m0/s1. The van der Waals surface area contributed by atoms with Crippen LogP contribution in [0, 0.1) is 0 Å². The second-order valence-electron chi connectivity index (χ2n) is 5.13. The van der Waals surface area contributed by atoms with Crippen LogP contribution in [0.15, 0.2) is 18.3 Å². The fraction of sp³-hybridized carbons (Fsp3) is 0.600. The van der Waals surface area contributed by atoms with Gasteiger partial charge in [0.25, 0.3) is 0 Å². The smallest absolute Gasteiger partial charge is 0.409 e. The van der Waals surface area contributed by atoms with Crippen LogP contribution in [0.5, 0.6) is 0 Å². The minimum Gasteiger partial charge on any atom is -0.450 e. The van der Waals surface area contributed by atoms with Gasteiger partial charge in [0.15, 0.2) is 0 Å². The molecule has 0 bridgehead atoms. The fourth-order valence-electron chi connectivity index (χ4n) is 2.38. The van der Waals surface area contributed by atoms with Crippen molar-refractivity contribution in [3.05, 3.63) is 24.0 Å². The molecule has 1 saturated heterocycles. The van der Waals surface area contributed by atoms with Crippen molar-refractivity contribution < 1.29 is 9.53 Å². The molecule has 1 aromatic rings. The Kier molecular flexibility index (Phi) is 5.38. The number of nitrogens with two attached hydrogens (primary N) is 1. The number of amides is 1. The molecule has 2 N–H and O–H groups in total. The quantitative estimate of drug-likeness (QED) is 0.915. The maximum atomic E-state index is 11.7. The molecule has 0 radical (unpaired) electrons. The highest BCUT2D eigenvalue weighted by atomic mass is 16.6. The lowest BCUT2D eigenvalue weighted by atomic mass is 10.1. The van der Waals surface area contributed by atoms with E-state index in [2.05, 4.69) is 22.9 Å². The Morgan fingerprint density at radius 2 is 2.05 bits per heavy atom. The first-order chi connectivity index (χ1) is 10.2. The first-order valence-corrected chi connectivity index (χ1v) is 7.53. The summed E-state index contributed by atoms with van der Waals surface area (Å²) in [5, 5.41) is 0. The predicted molar refractivity (Wildman–Crippen MR) is 82.3 cm³/mol. The summed E-state index contributed by atoms with van der Waals surface area (Å²) in [4.78, 5) is 20.1. The van der Waals surface area contributed by atoms with E-state index in [0.717, 1.165) is 30.9 Å². The number of ether oxygens (including phenoxy) is 1. The van der Waals surface area contributed by atoms with E-state index in [1.807, 2.05) is 19.2 Å². The second kappa shape index (κ2) is 7.26. The van der Waals surface area contributed by atoms with E-state index in [0.29, 0.717) is 19.7 Å². The van der Waals surface area contributed by atoms with Gasteiger partial charge in [-0.15, -0.1) is 0 Å². The summed E-state index contributed by atoms with van der Waals surface area (Å²) < 4.78 is 5.02. The van der Waals surface area contributed by atoms with Gasteiger partial charge < -0.3 is 20.3 Å². The van der Waals surface area contributed by atoms with Crippen LogP contribution in [-0.4, -0.2) is 48.8 Å². The number of rotatable bonds is 4. The first-order valence-electron chi connectivity index (χ1n) is 7.53. The van der Waals surface area contributed by atoms with Crippen LogP contribution in [0.1, 0.15) is 32.0 Å². The van der Waals surface area contributed by atoms with E-state index in [4.69, 9.17) is 10.5 Å². The van der Waals surface area contributed by atoms with Crippen molar-refractivity contribution in [3.63, 3.8) is 0 Å². The zero-order valence-corrected chi connectivity index (χ0v) is 12.8. The van der Waals surface area contributed by atoms with Crippen LogP contribution in [0.25, 0.3) is 0 Å². The molecule has 2 heterocycles. The van der Waals surface area contributed by atoms with Gasteiger partial charge in [0.2, 0.25) is 0 Å². The molecule has 0 spiro atoms. The molecular formula is C15H24N4O2. The normalized spacial score (nSPS) is 16.7. The molecule has 2 rings (SSSR count). The minimum absolute atomic E-state index is 0.000267. The van der Waals surface area contributed by atoms with E-state index in [9.17, 15) is 4.79 Å². The third kappa shape index (κ3) is 3.85. The number of nitrogens with zero attached hydrogens (tertiary/aromatic N) is 3. The number of carbonyl (C=O) groups excluding carboxylic acids is 1. The second-order valence-corrected chi connectivity index (χ2v) is 5.13. The fourth-order valence-corrected chi connectivity index (χ4v) is 2.38.